The summed E-state index contributed by atoms with van der Waals surface area (Å²) in [6.45, 7) is 14.8. The van der Waals surface area contributed by atoms with Crippen LogP contribution in [0.1, 0.15) is 76.3 Å². The van der Waals surface area contributed by atoms with E-state index in [2.05, 4.69) is 16.7 Å². The standard InChI is InChI=1S/C31H41N3O4/c1-10-20(4)26(33-30(37)38-31(7,8)9)29(36)34(12-3)27(24-18-16-23(11-2)17-19-24)28(35)32-25-21(5)14-13-15-22(25)6/h3,13-20,26-27H,10-11H2,1-2,4-9H3,(H,32,35)(H,33,37). The van der Waals surface area contributed by atoms with Gasteiger partial charge in [0.15, 0.2) is 0 Å². The van der Waals surface area contributed by atoms with Crippen LogP contribution >= 0.6 is 0 Å². The first-order chi connectivity index (χ1) is 17.8. The van der Waals surface area contributed by atoms with Gasteiger partial charge in [-0.1, -0.05) is 76.1 Å². The Kier molecular flexibility index (Phi) is 10.5. The molecule has 0 aliphatic rings. The molecular weight excluding hydrogens is 478 g/mol. The summed E-state index contributed by atoms with van der Waals surface area (Å²) >= 11 is 0. The Labute approximate surface area is 227 Å². The number of terminal acetylenes is 1. The number of benzene rings is 2. The summed E-state index contributed by atoms with van der Waals surface area (Å²) in [4.78, 5) is 41.5. The monoisotopic (exact) mass is 519 g/mol. The summed E-state index contributed by atoms with van der Waals surface area (Å²) in [6, 6.07) is 13.5. The maximum Gasteiger partial charge on any atom is 0.408 e. The lowest BCUT2D eigenvalue weighted by atomic mass is 9.95. The van der Waals surface area contributed by atoms with Gasteiger partial charge in [-0.15, -0.1) is 0 Å². The summed E-state index contributed by atoms with van der Waals surface area (Å²) in [6.07, 6.45) is 6.60. The number of hydrogen-bond acceptors (Lipinski definition) is 4. The van der Waals surface area contributed by atoms with Gasteiger partial charge in [0.1, 0.15) is 17.7 Å². The van der Waals surface area contributed by atoms with Crippen molar-refractivity contribution in [2.45, 2.75) is 85.9 Å². The molecule has 2 aromatic rings. The Morgan fingerprint density at radius 2 is 1.61 bits per heavy atom. The van der Waals surface area contributed by atoms with E-state index >= 15 is 0 Å². The largest absolute Gasteiger partial charge is 0.444 e. The topological polar surface area (TPSA) is 87.7 Å². The van der Waals surface area contributed by atoms with Gasteiger partial charge in [-0.05, 0) is 69.2 Å². The number of ether oxygens (including phenoxy) is 1. The molecule has 0 radical (unpaired) electrons. The Balaban J connectivity index is 2.53. The smallest absolute Gasteiger partial charge is 0.408 e. The Morgan fingerprint density at radius 1 is 1.03 bits per heavy atom. The fourth-order valence-corrected chi connectivity index (χ4v) is 4.09. The lowest BCUT2D eigenvalue weighted by Crippen LogP contribution is -2.53. The zero-order valence-electron chi connectivity index (χ0n) is 23.8. The van der Waals surface area contributed by atoms with Gasteiger partial charge < -0.3 is 15.4 Å². The molecule has 3 unspecified atom stereocenters. The molecule has 0 saturated heterocycles. The lowest BCUT2D eigenvalue weighted by molar-refractivity contribution is -0.137. The number of carbonyl (C=O) groups excluding carboxylic acids is 3. The normalized spacial score (nSPS) is 13.4. The van der Waals surface area contributed by atoms with Crippen molar-refractivity contribution in [3.8, 4) is 12.5 Å². The van der Waals surface area contributed by atoms with Crippen molar-refractivity contribution >= 4 is 23.6 Å². The van der Waals surface area contributed by atoms with Gasteiger partial charge >= 0.3 is 6.09 Å². The summed E-state index contributed by atoms with van der Waals surface area (Å²) in [5, 5.41) is 5.68. The van der Waals surface area contributed by atoms with Crippen LogP contribution in [0.4, 0.5) is 10.5 Å². The van der Waals surface area contributed by atoms with E-state index in [4.69, 9.17) is 11.2 Å². The van der Waals surface area contributed by atoms with Crippen LogP contribution in [0, 0.1) is 32.2 Å². The quantitative estimate of drug-likeness (QED) is 0.319. The molecule has 2 N–H and O–H groups in total. The molecule has 0 spiro atoms. The third-order valence-corrected chi connectivity index (χ3v) is 6.47. The predicted octanol–water partition coefficient (Wildman–Crippen LogP) is 5.90. The van der Waals surface area contributed by atoms with Crippen molar-refractivity contribution in [1.82, 2.24) is 10.2 Å². The van der Waals surface area contributed by atoms with E-state index in [1.165, 1.54) is 0 Å². The number of aryl methyl sites for hydroxylation is 3. The number of alkyl carbamates (subject to hydrolysis) is 1. The Bertz CT molecular complexity index is 1150. The molecule has 0 aliphatic heterocycles. The maximum absolute atomic E-state index is 13.9. The summed E-state index contributed by atoms with van der Waals surface area (Å²) in [5.41, 5.74) is 3.36. The molecule has 3 atom stereocenters. The van der Waals surface area contributed by atoms with Crippen molar-refractivity contribution in [1.29, 1.82) is 0 Å². The second-order valence-electron chi connectivity index (χ2n) is 10.6. The van der Waals surface area contributed by atoms with Crippen molar-refractivity contribution in [3.63, 3.8) is 0 Å². The second kappa shape index (κ2) is 13.1. The minimum absolute atomic E-state index is 0.268. The van der Waals surface area contributed by atoms with E-state index in [-0.39, 0.29) is 5.92 Å². The van der Waals surface area contributed by atoms with Crippen molar-refractivity contribution in [2.75, 3.05) is 5.32 Å². The highest BCUT2D eigenvalue weighted by molar-refractivity contribution is 6.00. The minimum atomic E-state index is -1.12. The number of rotatable bonds is 9. The highest BCUT2D eigenvalue weighted by Crippen LogP contribution is 2.28. The van der Waals surface area contributed by atoms with Crippen molar-refractivity contribution < 1.29 is 19.1 Å². The van der Waals surface area contributed by atoms with E-state index in [1.807, 2.05) is 77.1 Å². The van der Waals surface area contributed by atoms with Crippen LogP contribution in [0.3, 0.4) is 0 Å². The molecule has 0 aromatic heterocycles. The molecule has 2 aromatic carbocycles. The highest BCUT2D eigenvalue weighted by atomic mass is 16.6. The average molecular weight is 520 g/mol. The molecule has 0 heterocycles. The Morgan fingerprint density at radius 3 is 2.08 bits per heavy atom. The summed E-state index contributed by atoms with van der Waals surface area (Å²) in [5.74, 6) is -1.28. The van der Waals surface area contributed by atoms with E-state index in [1.54, 1.807) is 20.8 Å². The lowest BCUT2D eigenvalue weighted by Gasteiger charge is -2.32. The number of anilines is 1. The molecule has 204 valence electrons. The molecule has 7 nitrogen and oxygen atoms in total. The molecule has 0 saturated carbocycles. The van der Waals surface area contributed by atoms with Gasteiger partial charge in [0.2, 0.25) is 0 Å². The van der Waals surface area contributed by atoms with Crippen LogP contribution in [0.2, 0.25) is 0 Å². The molecule has 3 amide bonds. The minimum Gasteiger partial charge on any atom is -0.444 e. The second-order valence-corrected chi connectivity index (χ2v) is 10.6. The average Bonchev–Trinajstić information content (AvgIpc) is 2.86. The number of nitrogens with zero attached hydrogens (tertiary/aromatic N) is 1. The fourth-order valence-electron chi connectivity index (χ4n) is 4.09. The number of amides is 3. The van der Waals surface area contributed by atoms with Crippen LogP contribution < -0.4 is 10.6 Å². The Hall–Kier alpha value is -3.79. The number of nitrogens with one attached hydrogen (secondary N) is 2. The number of para-hydroxylation sites is 1. The van der Waals surface area contributed by atoms with Gasteiger partial charge in [0.25, 0.3) is 11.8 Å². The van der Waals surface area contributed by atoms with Gasteiger partial charge in [0.05, 0.1) is 0 Å². The van der Waals surface area contributed by atoms with Crippen LogP contribution in [0.25, 0.3) is 0 Å². The van der Waals surface area contributed by atoms with Crippen molar-refractivity contribution in [3.05, 3.63) is 64.7 Å². The molecule has 2 rings (SSSR count). The number of carbonyl (C=O) groups is 3. The van der Waals surface area contributed by atoms with Gasteiger partial charge in [-0.25, -0.2) is 4.79 Å². The fraction of sp³-hybridized carbons (Fsp3) is 0.452. The molecular formula is C31H41N3O4. The first-order valence-corrected chi connectivity index (χ1v) is 13.1. The molecule has 7 heteroatoms. The third-order valence-electron chi connectivity index (χ3n) is 6.47. The molecule has 38 heavy (non-hydrogen) atoms. The van der Waals surface area contributed by atoms with E-state index in [9.17, 15) is 14.4 Å². The van der Waals surface area contributed by atoms with E-state index < -0.39 is 35.6 Å². The molecule has 0 aliphatic carbocycles. The van der Waals surface area contributed by atoms with E-state index in [0.717, 1.165) is 28.0 Å². The zero-order valence-corrected chi connectivity index (χ0v) is 23.8. The summed E-state index contributed by atoms with van der Waals surface area (Å²) in [7, 11) is 0. The van der Waals surface area contributed by atoms with Crippen LogP contribution in [0.5, 0.6) is 0 Å². The SMILES string of the molecule is C#CN(C(=O)C(NC(=O)OC(C)(C)C)C(C)CC)C(C(=O)Nc1c(C)cccc1C)c1ccc(CC)cc1. The van der Waals surface area contributed by atoms with Gasteiger partial charge in [-0.3, -0.25) is 14.5 Å². The van der Waals surface area contributed by atoms with Gasteiger partial charge in [0, 0.05) is 11.7 Å². The number of hydrogen-bond donors (Lipinski definition) is 2. The maximum atomic E-state index is 13.9. The zero-order chi connectivity index (χ0) is 28.6. The molecule has 0 fully saturated rings. The van der Waals surface area contributed by atoms with Crippen LogP contribution in [-0.2, 0) is 20.7 Å². The highest BCUT2D eigenvalue weighted by Gasteiger charge is 2.38. The van der Waals surface area contributed by atoms with Crippen LogP contribution in [-0.4, -0.2) is 34.5 Å². The van der Waals surface area contributed by atoms with Crippen molar-refractivity contribution in [2.24, 2.45) is 5.92 Å². The predicted molar refractivity (Wildman–Crippen MR) is 151 cm³/mol. The third kappa shape index (κ3) is 7.85. The van der Waals surface area contributed by atoms with Crippen LogP contribution in [0.15, 0.2) is 42.5 Å². The van der Waals surface area contributed by atoms with Gasteiger partial charge in [-0.2, -0.15) is 0 Å². The molecule has 0 bridgehead atoms. The first-order valence-electron chi connectivity index (χ1n) is 13.1. The first kappa shape index (κ1) is 30.4. The summed E-state index contributed by atoms with van der Waals surface area (Å²) < 4.78 is 5.40. The van der Waals surface area contributed by atoms with E-state index in [0.29, 0.717) is 17.7 Å².